The number of hydrogen-bond donors (Lipinski definition) is 1. The van der Waals surface area contributed by atoms with Gasteiger partial charge in [-0.3, -0.25) is 0 Å². The third kappa shape index (κ3) is 18.3. The molecule has 0 aromatic rings. The van der Waals surface area contributed by atoms with Gasteiger partial charge >= 0.3 is 0 Å². The number of rotatable bonds is 1. The van der Waals surface area contributed by atoms with Crippen molar-refractivity contribution in [3.8, 4) is 0 Å². The number of alkyl halides is 3. The van der Waals surface area contributed by atoms with Crippen molar-refractivity contribution in [2.75, 3.05) is 14.2 Å². The minimum atomic E-state index is -3.26. The van der Waals surface area contributed by atoms with Crippen LogP contribution in [0.5, 0.6) is 0 Å². The van der Waals surface area contributed by atoms with Crippen LogP contribution in [-0.2, 0) is 4.74 Å². The van der Waals surface area contributed by atoms with Gasteiger partial charge in [0.05, 0.1) is 0 Å². The molecule has 0 spiro atoms. The third-order valence-corrected chi connectivity index (χ3v) is 0.208. The first-order valence-corrected chi connectivity index (χ1v) is 2.06. The van der Waals surface area contributed by atoms with Gasteiger partial charge in [0.1, 0.15) is 0 Å². The molecular formula is C4H9F3O2. The molecule has 0 fully saturated rings. The lowest BCUT2D eigenvalue weighted by molar-refractivity contribution is -0.0843. The number of aliphatic hydroxyl groups is 1. The molecule has 0 aliphatic rings. The monoisotopic (exact) mass is 146 g/mol. The highest BCUT2D eigenvalue weighted by Gasteiger charge is 2.12. The average molecular weight is 146 g/mol. The van der Waals surface area contributed by atoms with Crippen LogP contribution in [-0.4, -0.2) is 32.1 Å². The first-order chi connectivity index (χ1) is 4.06. The SMILES string of the molecule is COC.OC(F)C(F)F. The molecule has 0 aliphatic heterocycles. The molecular weight excluding hydrogens is 137 g/mol. The molecule has 0 bridgehead atoms. The van der Waals surface area contributed by atoms with Crippen LogP contribution < -0.4 is 0 Å². The molecule has 0 aromatic heterocycles. The molecule has 0 heterocycles. The second-order valence-corrected chi connectivity index (χ2v) is 1.12. The molecule has 0 aromatic carbocycles. The van der Waals surface area contributed by atoms with Crippen molar-refractivity contribution >= 4 is 0 Å². The summed E-state index contributed by atoms with van der Waals surface area (Å²) >= 11 is 0. The molecule has 0 rings (SSSR count). The summed E-state index contributed by atoms with van der Waals surface area (Å²) < 4.78 is 35.9. The van der Waals surface area contributed by atoms with E-state index in [1.807, 2.05) is 0 Å². The van der Waals surface area contributed by atoms with Crippen LogP contribution in [0.25, 0.3) is 0 Å². The Hall–Kier alpha value is -0.290. The van der Waals surface area contributed by atoms with Crippen molar-refractivity contribution in [2.24, 2.45) is 0 Å². The highest BCUT2D eigenvalue weighted by atomic mass is 19.3. The zero-order chi connectivity index (χ0) is 7.86. The Morgan fingerprint density at radius 2 is 1.33 bits per heavy atom. The lowest BCUT2D eigenvalue weighted by Gasteiger charge is -1.92. The molecule has 1 N–H and O–H groups in total. The second kappa shape index (κ2) is 7.71. The molecule has 0 radical (unpaired) electrons. The molecule has 1 unspecified atom stereocenters. The van der Waals surface area contributed by atoms with E-state index in [4.69, 9.17) is 5.11 Å². The van der Waals surface area contributed by atoms with Gasteiger partial charge in [0, 0.05) is 14.2 Å². The molecule has 0 saturated heterocycles. The predicted molar refractivity (Wildman–Crippen MR) is 26.1 cm³/mol. The minimum Gasteiger partial charge on any atom is -0.388 e. The number of hydrogen-bond acceptors (Lipinski definition) is 2. The third-order valence-electron chi connectivity index (χ3n) is 0.208. The minimum absolute atomic E-state index is 1.62. The summed E-state index contributed by atoms with van der Waals surface area (Å²) in [6.45, 7) is 0. The Morgan fingerprint density at radius 3 is 1.33 bits per heavy atom. The normalized spacial score (nSPS) is 12.3. The molecule has 9 heavy (non-hydrogen) atoms. The van der Waals surface area contributed by atoms with Crippen LogP contribution in [0.3, 0.4) is 0 Å². The maximum absolute atomic E-state index is 10.6. The van der Waals surface area contributed by atoms with E-state index in [1.54, 1.807) is 14.2 Å². The van der Waals surface area contributed by atoms with Crippen LogP contribution >= 0.6 is 0 Å². The van der Waals surface area contributed by atoms with E-state index in [0.29, 0.717) is 0 Å². The standard InChI is InChI=1S/C2H3F3O.C2H6O/c3-1(4)2(5)6;1-3-2/h1-2,6H;1-2H3. The lowest BCUT2D eigenvalue weighted by Crippen LogP contribution is -2.08. The molecule has 0 aliphatic carbocycles. The van der Waals surface area contributed by atoms with Crippen LogP contribution in [0.4, 0.5) is 13.2 Å². The first kappa shape index (κ1) is 11.5. The quantitative estimate of drug-likeness (QED) is 0.593. The largest absolute Gasteiger partial charge is 0.388 e. The Morgan fingerprint density at radius 1 is 1.22 bits per heavy atom. The van der Waals surface area contributed by atoms with Crippen molar-refractivity contribution in [3.05, 3.63) is 0 Å². The number of aliphatic hydroxyl groups excluding tert-OH is 1. The summed E-state index contributed by atoms with van der Waals surface area (Å²) in [6, 6.07) is 0. The fourth-order valence-electron chi connectivity index (χ4n) is 0. The molecule has 0 saturated carbocycles. The zero-order valence-corrected chi connectivity index (χ0v) is 5.14. The van der Waals surface area contributed by atoms with Crippen LogP contribution in [0, 0.1) is 0 Å². The van der Waals surface area contributed by atoms with Gasteiger partial charge in [0.25, 0.3) is 12.8 Å². The van der Waals surface area contributed by atoms with E-state index in [1.165, 1.54) is 0 Å². The van der Waals surface area contributed by atoms with E-state index in [9.17, 15) is 13.2 Å². The van der Waals surface area contributed by atoms with Gasteiger partial charge in [0.2, 0.25) is 0 Å². The first-order valence-electron chi connectivity index (χ1n) is 2.06. The fourth-order valence-corrected chi connectivity index (χ4v) is 0. The van der Waals surface area contributed by atoms with Gasteiger partial charge < -0.3 is 9.84 Å². The van der Waals surface area contributed by atoms with E-state index in [2.05, 4.69) is 4.74 Å². The molecule has 2 nitrogen and oxygen atoms in total. The fraction of sp³-hybridized carbons (Fsp3) is 1.00. The van der Waals surface area contributed by atoms with E-state index in [-0.39, 0.29) is 0 Å². The Bertz CT molecular complexity index is 43.1. The van der Waals surface area contributed by atoms with Crippen molar-refractivity contribution in [3.63, 3.8) is 0 Å². The topological polar surface area (TPSA) is 29.5 Å². The Balaban J connectivity index is 0. The van der Waals surface area contributed by atoms with Gasteiger partial charge in [-0.2, -0.15) is 0 Å². The second-order valence-electron chi connectivity index (χ2n) is 1.12. The summed E-state index contributed by atoms with van der Waals surface area (Å²) in [6.07, 6.45) is -6.24. The van der Waals surface area contributed by atoms with Crippen LogP contribution in [0.2, 0.25) is 0 Å². The smallest absolute Gasteiger partial charge is 0.293 e. The highest BCUT2D eigenvalue weighted by Crippen LogP contribution is 1.98. The predicted octanol–water partition coefficient (Wildman–Crippen LogP) is 0.802. The van der Waals surface area contributed by atoms with Crippen LogP contribution in [0.1, 0.15) is 0 Å². The lowest BCUT2D eigenvalue weighted by atomic mass is 10.7. The van der Waals surface area contributed by atoms with Crippen molar-refractivity contribution < 1.29 is 23.0 Å². The van der Waals surface area contributed by atoms with Crippen molar-refractivity contribution in [1.82, 2.24) is 0 Å². The zero-order valence-electron chi connectivity index (χ0n) is 5.14. The van der Waals surface area contributed by atoms with Gasteiger partial charge in [-0.15, -0.1) is 0 Å². The highest BCUT2D eigenvalue weighted by molar-refractivity contribution is 4.34. The van der Waals surface area contributed by atoms with Crippen molar-refractivity contribution in [2.45, 2.75) is 12.8 Å². The molecule has 58 valence electrons. The Kier molecular flexibility index (Phi) is 9.85. The van der Waals surface area contributed by atoms with Crippen molar-refractivity contribution in [1.29, 1.82) is 0 Å². The summed E-state index contributed by atoms with van der Waals surface area (Å²) in [5, 5.41) is 7.21. The molecule has 0 amide bonds. The maximum atomic E-state index is 10.6. The number of methoxy groups -OCH3 is 1. The van der Waals surface area contributed by atoms with Gasteiger partial charge in [-0.05, 0) is 0 Å². The van der Waals surface area contributed by atoms with Gasteiger partial charge in [0.15, 0.2) is 0 Å². The van der Waals surface area contributed by atoms with E-state index >= 15 is 0 Å². The number of halogens is 3. The Labute approximate surface area is 51.2 Å². The maximum Gasteiger partial charge on any atom is 0.293 e. The molecule has 1 atom stereocenters. The summed E-state index contributed by atoms with van der Waals surface area (Å²) in [5.41, 5.74) is 0. The van der Waals surface area contributed by atoms with Gasteiger partial charge in [-0.1, -0.05) is 0 Å². The van der Waals surface area contributed by atoms with Crippen LogP contribution in [0.15, 0.2) is 0 Å². The molecule has 5 heteroatoms. The summed E-state index contributed by atoms with van der Waals surface area (Å²) in [4.78, 5) is 0. The van der Waals surface area contributed by atoms with E-state index < -0.39 is 12.8 Å². The van der Waals surface area contributed by atoms with E-state index in [0.717, 1.165) is 0 Å². The van der Waals surface area contributed by atoms with Gasteiger partial charge in [-0.25, -0.2) is 13.2 Å². The summed E-state index contributed by atoms with van der Waals surface area (Å²) in [7, 11) is 3.25. The number of ether oxygens (including phenoxy) is 1. The summed E-state index contributed by atoms with van der Waals surface area (Å²) in [5.74, 6) is 0. The average Bonchev–Trinajstić information content (AvgIpc) is 1.68.